The fraction of sp³-hybridized carbons (Fsp3) is 0.600. The first kappa shape index (κ1) is 12.5. The third kappa shape index (κ3) is 3.08. The second kappa shape index (κ2) is 6.09. The van der Waals surface area contributed by atoms with Gasteiger partial charge in [0.25, 0.3) is 0 Å². The quantitative estimate of drug-likeness (QED) is 0.839. The van der Waals surface area contributed by atoms with E-state index in [2.05, 4.69) is 40.5 Å². The number of piperidine rings is 1. The van der Waals surface area contributed by atoms with E-state index in [9.17, 15) is 0 Å². The van der Waals surface area contributed by atoms with E-state index in [1.165, 1.54) is 49.7 Å². The Labute approximate surface area is 114 Å². The Kier molecular flexibility index (Phi) is 4.24. The van der Waals surface area contributed by atoms with Gasteiger partial charge in [0, 0.05) is 36.3 Å². The third-order valence-corrected chi connectivity index (χ3v) is 5.09. The summed E-state index contributed by atoms with van der Waals surface area (Å²) in [6.07, 6.45) is 2.80. The lowest BCUT2D eigenvalue weighted by atomic mass is 9.94. The number of nitrogens with one attached hydrogen (secondary N) is 1. The Morgan fingerprint density at radius 1 is 1.22 bits per heavy atom. The predicted octanol–water partition coefficient (Wildman–Crippen LogP) is 2.46. The van der Waals surface area contributed by atoms with Crippen molar-refractivity contribution >= 4 is 11.8 Å². The van der Waals surface area contributed by atoms with E-state index in [1.54, 1.807) is 0 Å². The average molecular weight is 262 g/mol. The zero-order valence-corrected chi connectivity index (χ0v) is 11.7. The Morgan fingerprint density at radius 3 is 2.94 bits per heavy atom. The topological polar surface area (TPSA) is 15.3 Å². The summed E-state index contributed by atoms with van der Waals surface area (Å²) < 4.78 is 0. The maximum atomic E-state index is 3.67. The van der Waals surface area contributed by atoms with Gasteiger partial charge < -0.3 is 10.2 Å². The van der Waals surface area contributed by atoms with Gasteiger partial charge in [-0.2, -0.15) is 0 Å². The average Bonchev–Trinajstić information content (AvgIpc) is 2.82. The SMILES string of the molecule is c1ccc(SCCN2CC3CCCNC3C2)cc1. The van der Waals surface area contributed by atoms with Crippen LogP contribution in [0.15, 0.2) is 35.2 Å². The summed E-state index contributed by atoms with van der Waals surface area (Å²) >= 11 is 1.98. The van der Waals surface area contributed by atoms with Crippen molar-refractivity contribution in [2.75, 3.05) is 31.9 Å². The van der Waals surface area contributed by atoms with Crippen LogP contribution in [0.3, 0.4) is 0 Å². The van der Waals surface area contributed by atoms with E-state index in [1.807, 2.05) is 11.8 Å². The normalized spacial score (nSPS) is 28.2. The molecule has 0 spiro atoms. The molecule has 0 radical (unpaired) electrons. The molecule has 2 heterocycles. The number of hydrogen-bond acceptors (Lipinski definition) is 3. The maximum Gasteiger partial charge on any atom is 0.0235 e. The first-order valence-corrected chi connectivity index (χ1v) is 8.04. The Bertz CT molecular complexity index is 354. The van der Waals surface area contributed by atoms with Crippen LogP contribution >= 0.6 is 11.8 Å². The standard InChI is InChI=1S/C15H22N2S/c1-2-6-14(7-3-1)18-10-9-17-11-13-5-4-8-16-15(13)12-17/h1-3,6-7,13,15-16H,4-5,8-12H2. The summed E-state index contributed by atoms with van der Waals surface area (Å²) in [5.74, 6) is 2.13. The molecule has 2 saturated heterocycles. The summed E-state index contributed by atoms with van der Waals surface area (Å²) in [4.78, 5) is 4.04. The molecule has 18 heavy (non-hydrogen) atoms. The van der Waals surface area contributed by atoms with Crippen LogP contribution in [0, 0.1) is 5.92 Å². The zero-order chi connectivity index (χ0) is 12.2. The number of nitrogens with zero attached hydrogens (tertiary/aromatic N) is 1. The van der Waals surface area contributed by atoms with Crippen molar-refractivity contribution in [3.63, 3.8) is 0 Å². The molecule has 98 valence electrons. The van der Waals surface area contributed by atoms with Crippen LogP contribution in [-0.2, 0) is 0 Å². The largest absolute Gasteiger partial charge is 0.312 e. The lowest BCUT2D eigenvalue weighted by Gasteiger charge is -2.24. The fourth-order valence-electron chi connectivity index (χ4n) is 3.13. The maximum absolute atomic E-state index is 3.67. The monoisotopic (exact) mass is 262 g/mol. The zero-order valence-electron chi connectivity index (χ0n) is 10.8. The summed E-state index contributed by atoms with van der Waals surface area (Å²) in [6, 6.07) is 11.5. The van der Waals surface area contributed by atoms with Crippen molar-refractivity contribution in [2.45, 2.75) is 23.8 Å². The molecule has 2 fully saturated rings. The van der Waals surface area contributed by atoms with E-state index in [4.69, 9.17) is 0 Å². The molecule has 0 amide bonds. The Balaban J connectivity index is 1.42. The molecular formula is C15H22N2S. The van der Waals surface area contributed by atoms with E-state index in [0.717, 1.165) is 12.0 Å². The minimum atomic E-state index is 0.778. The van der Waals surface area contributed by atoms with Crippen LogP contribution in [0.25, 0.3) is 0 Å². The molecule has 1 N–H and O–H groups in total. The Hall–Kier alpha value is -0.510. The lowest BCUT2D eigenvalue weighted by Crippen LogP contribution is -2.40. The molecule has 0 saturated carbocycles. The van der Waals surface area contributed by atoms with E-state index >= 15 is 0 Å². The van der Waals surface area contributed by atoms with Crippen molar-refractivity contribution in [1.29, 1.82) is 0 Å². The summed E-state index contributed by atoms with van der Waals surface area (Å²) in [5, 5.41) is 3.67. The van der Waals surface area contributed by atoms with Crippen LogP contribution in [0.5, 0.6) is 0 Å². The van der Waals surface area contributed by atoms with Gasteiger partial charge in [-0.25, -0.2) is 0 Å². The van der Waals surface area contributed by atoms with E-state index in [0.29, 0.717) is 0 Å². The van der Waals surface area contributed by atoms with Gasteiger partial charge in [-0.05, 0) is 37.4 Å². The molecule has 0 bridgehead atoms. The molecule has 3 rings (SSSR count). The molecule has 3 heteroatoms. The van der Waals surface area contributed by atoms with Crippen molar-refractivity contribution in [2.24, 2.45) is 5.92 Å². The van der Waals surface area contributed by atoms with Gasteiger partial charge in [0.15, 0.2) is 0 Å². The first-order chi connectivity index (χ1) is 8.92. The number of thioether (sulfide) groups is 1. The van der Waals surface area contributed by atoms with E-state index < -0.39 is 0 Å². The highest BCUT2D eigenvalue weighted by atomic mass is 32.2. The molecule has 2 aliphatic heterocycles. The molecular weight excluding hydrogens is 240 g/mol. The van der Waals surface area contributed by atoms with Crippen molar-refractivity contribution in [3.05, 3.63) is 30.3 Å². The minimum Gasteiger partial charge on any atom is -0.312 e. The van der Waals surface area contributed by atoms with Crippen LogP contribution in [0.4, 0.5) is 0 Å². The highest BCUT2D eigenvalue weighted by molar-refractivity contribution is 7.99. The van der Waals surface area contributed by atoms with Gasteiger partial charge >= 0.3 is 0 Å². The molecule has 0 aromatic heterocycles. The van der Waals surface area contributed by atoms with Crippen LogP contribution in [0.2, 0.25) is 0 Å². The van der Waals surface area contributed by atoms with Crippen LogP contribution in [-0.4, -0.2) is 42.9 Å². The minimum absolute atomic E-state index is 0.778. The van der Waals surface area contributed by atoms with Gasteiger partial charge in [0.2, 0.25) is 0 Å². The van der Waals surface area contributed by atoms with Crippen molar-refractivity contribution in [1.82, 2.24) is 10.2 Å². The molecule has 2 atom stereocenters. The summed E-state index contributed by atoms with van der Waals surface area (Å²) in [5.41, 5.74) is 0. The molecule has 2 nitrogen and oxygen atoms in total. The van der Waals surface area contributed by atoms with Gasteiger partial charge in [0.05, 0.1) is 0 Å². The summed E-state index contributed by atoms with van der Waals surface area (Å²) in [6.45, 7) is 5.04. The lowest BCUT2D eigenvalue weighted by molar-refractivity contribution is 0.332. The second-order valence-electron chi connectivity index (χ2n) is 5.38. The highest BCUT2D eigenvalue weighted by Gasteiger charge is 2.33. The fourth-order valence-corrected chi connectivity index (χ4v) is 4.06. The number of fused-ring (bicyclic) bond motifs is 1. The number of benzene rings is 1. The van der Waals surface area contributed by atoms with E-state index in [-0.39, 0.29) is 0 Å². The molecule has 0 aliphatic carbocycles. The number of rotatable bonds is 4. The van der Waals surface area contributed by atoms with Crippen molar-refractivity contribution < 1.29 is 0 Å². The van der Waals surface area contributed by atoms with Gasteiger partial charge in [0.1, 0.15) is 0 Å². The molecule has 2 unspecified atom stereocenters. The summed E-state index contributed by atoms with van der Waals surface area (Å²) in [7, 11) is 0. The Morgan fingerprint density at radius 2 is 2.11 bits per heavy atom. The van der Waals surface area contributed by atoms with Gasteiger partial charge in [-0.3, -0.25) is 0 Å². The van der Waals surface area contributed by atoms with Gasteiger partial charge in [-0.1, -0.05) is 18.2 Å². The second-order valence-corrected chi connectivity index (χ2v) is 6.55. The van der Waals surface area contributed by atoms with Crippen LogP contribution < -0.4 is 5.32 Å². The number of likely N-dealkylation sites (tertiary alicyclic amines) is 1. The number of hydrogen-bond donors (Lipinski definition) is 1. The highest BCUT2D eigenvalue weighted by Crippen LogP contribution is 2.25. The molecule has 1 aromatic rings. The first-order valence-electron chi connectivity index (χ1n) is 7.05. The molecule has 1 aromatic carbocycles. The predicted molar refractivity (Wildman–Crippen MR) is 78.1 cm³/mol. The van der Waals surface area contributed by atoms with Crippen molar-refractivity contribution in [3.8, 4) is 0 Å². The van der Waals surface area contributed by atoms with Crippen LogP contribution in [0.1, 0.15) is 12.8 Å². The third-order valence-electron chi connectivity index (χ3n) is 4.09. The van der Waals surface area contributed by atoms with Gasteiger partial charge in [-0.15, -0.1) is 11.8 Å². The smallest absolute Gasteiger partial charge is 0.0235 e. The molecule has 2 aliphatic rings.